The summed E-state index contributed by atoms with van der Waals surface area (Å²) in [7, 11) is -3.22. The Morgan fingerprint density at radius 2 is 1.76 bits per heavy atom. The van der Waals surface area contributed by atoms with Crippen LogP contribution in [0.5, 0.6) is 5.75 Å². The van der Waals surface area contributed by atoms with E-state index in [9.17, 15) is 26.4 Å². The fraction of sp³-hybridized carbons (Fsp3) is 0.133. The second kappa shape index (κ2) is 7.01. The van der Waals surface area contributed by atoms with E-state index in [0.717, 1.165) is 0 Å². The second-order valence-electron chi connectivity index (χ2n) is 4.88. The van der Waals surface area contributed by atoms with Gasteiger partial charge >= 0.3 is 0 Å². The van der Waals surface area contributed by atoms with Gasteiger partial charge in [0.2, 0.25) is 5.91 Å². The number of carbonyl (C=O) groups excluding carboxylic acids is 1. The zero-order valence-corrected chi connectivity index (χ0v) is 13.9. The molecule has 0 fully saturated rings. The van der Waals surface area contributed by atoms with E-state index in [2.05, 4.69) is 5.32 Å². The van der Waals surface area contributed by atoms with Crippen LogP contribution in [0, 0.1) is 17.5 Å². The van der Waals surface area contributed by atoms with Crippen molar-refractivity contribution < 1.29 is 31.1 Å². The van der Waals surface area contributed by atoms with Gasteiger partial charge in [0.1, 0.15) is 10.6 Å². The molecule has 0 bridgehead atoms. The molecule has 0 saturated carbocycles. The third kappa shape index (κ3) is 4.02. The number of carbonyl (C=O) groups is 1. The van der Waals surface area contributed by atoms with E-state index >= 15 is 0 Å². The van der Waals surface area contributed by atoms with E-state index in [1.165, 1.54) is 32.2 Å². The van der Waals surface area contributed by atoms with Crippen LogP contribution in [0.1, 0.15) is 6.92 Å². The minimum atomic E-state index is -4.52. The Bertz CT molecular complexity index is 933. The molecule has 0 aliphatic rings. The Balaban J connectivity index is 2.38. The molecule has 0 saturated heterocycles. The lowest BCUT2D eigenvalue weighted by molar-refractivity contribution is -0.114. The van der Waals surface area contributed by atoms with Gasteiger partial charge in [-0.2, -0.15) is 0 Å². The molecular weight excluding hydrogens is 361 g/mol. The summed E-state index contributed by atoms with van der Waals surface area (Å²) in [4.78, 5) is 10.0. The van der Waals surface area contributed by atoms with E-state index < -0.39 is 32.4 Å². The van der Waals surface area contributed by atoms with Crippen molar-refractivity contribution in [3.05, 3.63) is 47.8 Å². The number of rotatable bonds is 5. The Labute approximate surface area is 141 Å². The second-order valence-corrected chi connectivity index (χ2v) is 6.53. The molecule has 2 N–H and O–H groups in total. The predicted molar refractivity (Wildman–Crippen MR) is 84.4 cm³/mol. The smallest absolute Gasteiger partial charge is 0.264 e. The maximum Gasteiger partial charge on any atom is 0.264 e. The van der Waals surface area contributed by atoms with Crippen LogP contribution in [0.3, 0.4) is 0 Å². The summed E-state index contributed by atoms with van der Waals surface area (Å²) in [6, 6.07) is 5.00. The molecule has 6 nitrogen and oxygen atoms in total. The molecule has 0 spiro atoms. The van der Waals surface area contributed by atoms with Gasteiger partial charge in [-0.25, -0.2) is 21.6 Å². The fourth-order valence-corrected chi connectivity index (χ4v) is 3.09. The lowest BCUT2D eigenvalue weighted by Crippen LogP contribution is -2.16. The summed E-state index contributed by atoms with van der Waals surface area (Å²) in [5.74, 6) is -5.44. The van der Waals surface area contributed by atoms with E-state index in [0.29, 0.717) is 12.1 Å². The molecule has 0 aliphatic heterocycles. The normalized spacial score (nSPS) is 11.1. The SMILES string of the molecule is COc1cc(NS(=O)(=O)c2ccc(F)c(F)c2F)ccc1NC(C)=O. The van der Waals surface area contributed by atoms with Crippen LogP contribution in [0.2, 0.25) is 0 Å². The van der Waals surface area contributed by atoms with Crippen molar-refractivity contribution in [2.75, 3.05) is 17.1 Å². The molecule has 10 heteroatoms. The molecule has 0 heterocycles. The summed E-state index contributed by atoms with van der Waals surface area (Å²) in [6.45, 7) is 1.28. The Hall–Kier alpha value is -2.75. The van der Waals surface area contributed by atoms with Crippen LogP contribution < -0.4 is 14.8 Å². The summed E-state index contributed by atoms with van der Waals surface area (Å²) >= 11 is 0. The Morgan fingerprint density at radius 1 is 1.08 bits per heavy atom. The largest absolute Gasteiger partial charge is 0.494 e. The van der Waals surface area contributed by atoms with E-state index in [1.807, 2.05) is 4.72 Å². The first-order valence-corrected chi connectivity index (χ1v) is 8.26. The Kier molecular flexibility index (Phi) is 5.21. The maximum absolute atomic E-state index is 13.7. The van der Waals surface area contributed by atoms with Gasteiger partial charge < -0.3 is 10.1 Å². The first-order chi connectivity index (χ1) is 11.7. The van der Waals surface area contributed by atoms with Gasteiger partial charge in [-0.3, -0.25) is 9.52 Å². The molecule has 1 amide bonds. The van der Waals surface area contributed by atoms with Gasteiger partial charge in [0.15, 0.2) is 17.5 Å². The highest BCUT2D eigenvalue weighted by atomic mass is 32.2. The number of nitrogens with one attached hydrogen (secondary N) is 2. The van der Waals surface area contributed by atoms with E-state index in [-0.39, 0.29) is 23.0 Å². The third-order valence-electron chi connectivity index (χ3n) is 3.05. The molecule has 25 heavy (non-hydrogen) atoms. The standard InChI is InChI=1S/C15H13F3N2O4S/c1-8(21)19-11-5-3-9(7-12(11)24-2)20-25(22,23)13-6-4-10(16)14(17)15(13)18/h3-7,20H,1-2H3,(H,19,21). The lowest BCUT2D eigenvalue weighted by atomic mass is 10.2. The topological polar surface area (TPSA) is 84.5 Å². The number of anilines is 2. The van der Waals surface area contributed by atoms with Crippen LogP contribution in [0.25, 0.3) is 0 Å². The minimum absolute atomic E-state index is 0.0323. The van der Waals surface area contributed by atoms with Gasteiger partial charge in [-0.15, -0.1) is 0 Å². The van der Waals surface area contributed by atoms with Crippen molar-refractivity contribution in [2.24, 2.45) is 0 Å². The third-order valence-corrected chi connectivity index (χ3v) is 4.45. The summed E-state index contributed by atoms with van der Waals surface area (Å²) in [5.41, 5.74) is 0.257. The molecule has 2 aromatic carbocycles. The van der Waals surface area contributed by atoms with Crippen molar-refractivity contribution in [1.82, 2.24) is 0 Å². The van der Waals surface area contributed by atoms with E-state index in [4.69, 9.17) is 4.74 Å². The minimum Gasteiger partial charge on any atom is -0.494 e. The molecular formula is C15H13F3N2O4S. The van der Waals surface area contributed by atoms with Gasteiger partial charge in [-0.1, -0.05) is 0 Å². The lowest BCUT2D eigenvalue weighted by Gasteiger charge is -2.13. The molecule has 0 radical (unpaired) electrons. The van der Waals surface area contributed by atoms with Crippen molar-refractivity contribution in [1.29, 1.82) is 0 Å². The fourth-order valence-electron chi connectivity index (χ4n) is 1.97. The number of sulfonamides is 1. The zero-order valence-electron chi connectivity index (χ0n) is 13.1. The van der Waals surface area contributed by atoms with Crippen molar-refractivity contribution in [3.8, 4) is 5.75 Å². The first-order valence-electron chi connectivity index (χ1n) is 6.77. The summed E-state index contributed by atoms with van der Waals surface area (Å²) in [5, 5.41) is 2.48. The Morgan fingerprint density at radius 3 is 2.36 bits per heavy atom. The van der Waals surface area contributed by atoms with Crippen molar-refractivity contribution in [3.63, 3.8) is 0 Å². The molecule has 0 aromatic heterocycles. The van der Waals surface area contributed by atoms with Crippen molar-refractivity contribution >= 4 is 27.3 Å². The molecule has 134 valence electrons. The van der Waals surface area contributed by atoms with Gasteiger partial charge in [0.25, 0.3) is 10.0 Å². The predicted octanol–water partition coefficient (Wildman–Crippen LogP) is 2.87. The molecule has 0 unspecified atom stereocenters. The highest BCUT2D eigenvalue weighted by molar-refractivity contribution is 7.92. The number of methoxy groups -OCH3 is 1. The summed E-state index contributed by atoms with van der Waals surface area (Å²) in [6.07, 6.45) is 0. The number of ether oxygens (including phenoxy) is 1. The monoisotopic (exact) mass is 374 g/mol. The first kappa shape index (κ1) is 18.6. The molecule has 2 rings (SSSR count). The van der Waals surface area contributed by atoms with E-state index in [1.54, 1.807) is 0 Å². The zero-order chi connectivity index (χ0) is 18.8. The van der Waals surface area contributed by atoms with Crippen LogP contribution >= 0.6 is 0 Å². The van der Waals surface area contributed by atoms with Gasteiger partial charge in [0.05, 0.1) is 18.5 Å². The van der Waals surface area contributed by atoms with Crippen LogP contribution in [-0.2, 0) is 14.8 Å². The quantitative estimate of drug-likeness (QED) is 0.789. The molecule has 2 aromatic rings. The van der Waals surface area contributed by atoms with Crippen LogP contribution in [-0.4, -0.2) is 21.4 Å². The average molecular weight is 374 g/mol. The van der Waals surface area contributed by atoms with Gasteiger partial charge in [0, 0.05) is 13.0 Å². The van der Waals surface area contributed by atoms with Crippen LogP contribution in [0.4, 0.5) is 24.5 Å². The number of amides is 1. The molecule has 0 aliphatic carbocycles. The number of benzene rings is 2. The highest BCUT2D eigenvalue weighted by Gasteiger charge is 2.24. The number of halogens is 3. The average Bonchev–Trinajstić information content (AvgIpc) is 2.53. The highest BCUT2D eigenvalue weighted by Crippen LogP contribution is 2.30. The number of hydrogen-bond donors (Lipinski definition) is 2. The van der Waals surface area contributed by atoms with Crippen LogP contribution in [0.15, 0.2) is 35.2 Å². The maximum atomic E-state index is 13.7. The molecule has 0 atom stereocenters. The van der Waals surface area contributed by atoms with Gasteiger partial charge in [-0.05, 0) is 24.3 Å². The summed E-state index contributed by atoms with van der Waals surface area (Å²) < 4.78 is 71.4. The number of hydrogen-bond acceptors (Lipinski definition) is 4. The van der Waals surface area contributed by atoms with Crippen molar-refractivity contribution in [2.45, 2.75) is 11.8 Å².